The summed E-state index contributed by atoms with van der Waals surface area (Å²) < 4.78 is 0. The van der Waals surface area contributed by atoms with Gasteiger partial charge in [0.05, 0.1) is 11.4 Å². The van der Waals surface area contributed by atoms with E-state index in [-0.39, 0.29) is 0 Å². The molecule has 0 saturated carbocycles. The van der Waals surface area contributed by atoms with Crippen molar-refractivity contribution in [2.75, 3.05) is 11.6 Å². The number of benzene rings is 2. The van der Waals surface area contributed by atoms with Crippen molar-refractivity contribution in [2.45, 2.75) is 6.42 Å². The Bertz CT molecular complexity index is 534. The Kier molecular flexibility index (Phi) is 2.58. The van der Waals surface area contributed by atoms with E-state index >= 15 is 0 Å². The first-order valence-electron chi connectivity index (χ1n) is 5.76. The molecule has 0 saturated heterocycles. The van der Waals surface area contributed by atoms with Gasteiger partial charge in [-0.05, 0) is 30.2 Å². The van der Waals surface area contributed by atoms with E-state index in [9.17, 15) is 0 Å². The minimum atomic E-state index is 0.886. The second-order valence-electron chi connectivity index (χ2n) is 4.03. The molecule has 0 atom stereocenters. The molecule has 0 unspecified atom stereocenters. The molecule has 0 aliphatic carbocycles. The maximum atomic E-state index is 4.29. The number of nitrogens with zero attached hydrogens (tertiary/aromatic N) is 3. The van der Waals surface area contributed by atoms with Gasteiger partial charge in [0.25, 0.3) is 0 Å². The van der Waals surface area contributed by atoms with Gasteiger partial charge in [-0.1, -0.05) is 41.6 Å². The summed E-state index contributed by atoms with van der Waals surface area (Å²) in [5.41, 5.74) is 3.41. The summed E-state index contributed by atoms with van der Waals surface area (Å²) in [6, 6.07) is 18.1. The van der Waals surface area contributed by atoms with E-state index in [2.05, 4.69) is 28.5 Å². The van der Waals surface area contributed by atoms with Gasteiger partial charge in [0, 0.05) is 6.54 Å². The summed E-state index contributed by atoms with van der Waals surface area (Å²) in [5, 5.41) is 10.5. The Morgan fingerprint density at radius 1 is 0.882 bits per heavy atom. The van der Waals surface area contributed by atoms with Crippen LogP contribution in [-0.2, 0) is 6.42 Å². The van der Waals surface area contributed by atoms with E-state index in [1.165, 1.54) is 11.3 Å². The number of anilines is 1. The van der Waals surface area contributed by atoms with Crippen LogP contribution in [0.25, 0.3) is 0 Å². The zero-order chi connectivity index (χ0) is 11.5. The summed E-state index contributed by atoms with van der Waals surface area (Å²) in [6.45, 7) is 0.912. The molecule has 0 aromatic heterocycles. The van der Waals surface area contributed by atoms with Gasteiger partial charge in [-0.2, -0.15) is 0 Å². The highest BCUT2D eigenvalue weighted by Gasteiger charge is 2.17. The predicted molar refractivity (Wildman–Crippen MR) is 68.5 cm³/mol. The second-order valence-corrected chi connectivity index (χ2v) is 4.03. The van der Waals surface area contributed by atoms with Crippen LogP contribution in [0.15, 0.2) is 64.9 Å². The number of hydrogen-bond donors (Lipinski definition) is 0. The Balaban J connectivity index is 1.82. The Morgan fingerprint density at radius 3 is 2.53 bits per heavy atom. The maximum Gasteiger partial charge on any atom is 0.0874 e. The molecule has 84 valence electrons. The minimum Gasteiger partial charge on any atom is -0.246 e. The first-order chi connectivity index (χ1) is 8.43. The van der Waals surface area contributed by atoms with E-state index < -0.39 is 0 Å². The quantitative estimate of drug-likeness (QED) is 0.712. The van der Waals surface area contributed by atoms with Gasteiger partial charge in [0.15, 0.2) is 0 Å². The molecule has 1 heterocycles. The van der Waals surface area contributed by atoms with Crippen molar-refractivity contribution >= 4 is 11.4 Å². The molecule has 2 aromatic rings. The fourth-order valence-electron chi connectivity index (χ4n) is 2.01. The molecule has 0 spiro atoms. The van der Waals surface area contributed by atoms with Crippen LogP contribution < -0.4 is 5.01 Å². The summed E-state index contributed by atoms with van der Waals surface area (Å²) in [5.74, 6) is 0. The standard InChI is InChI=1S/C14H13N3/c1-2-7-13(8-3-1)15-16-17-11-10-12-6-4-5-9-14(12)17/h1-9H,10-11H2. The first kappa shape index (κ1) is 10.0. The van der Waals surface area contributed by atoms with Crippen molar-refractivity contribution in [3.63, 3.8) is 0 Å². The Labute approximate surface area is 100 Å². The number of rotatable bonds is 2. The monoisotopic (exact) mass is 223 g/mol. The summed E-state index contributed by atoms with van der Waals surface area (Å²) >= 11 is 0. The van der Waals surface area contributed by atoms with Crippen LogP contribution in [0.1, 0.15) is 5.56 Å². The van der Waals surface area contributed by atoms with Crippen LogP contribution >= 0.6 is 0 Å². The molecule has 3 heteroatoms. The van der Waals surface area contributed by atoms with Crippen LogP contribution in [-0.4, -0.2) is 6.54 Å². The molecule has 0 N–H and O–H groups in total. The highest BCUT2D eigenvalue weighted by atomic mass is 15.5. The number of hydrogen-bond acceptors (Lipinski definition) is 2. The van der Waals surface area contributed by atoms with Gasteiger partial charge >= 0.3 is 0 Å². The van der Waals surface area contributed by atoms with Crippen molar-refractivity contribution in [1.29, 1.82) is 0 Å². The van der Waals surface area contributed by atoms with Crippen LogP contribution in [0.4, 0.5) is 11.4 Å². The van der Waals surface area contributed by atoms with E-state index in [4.69, 9.17) is 0 Å². The normalized spacial score (nSPS) is 14.2. The van der Waals surface area contributed by atoms with Gasteiger partial charge in [0.1, 0.15) is 0 Å². The van der Waals surface area contributed by atoms with E-state index in [1.54, 1.807) is 0 Å². The average molecular weight is 223 g/mol. The second kappa shape index (κ2) is 4.37. The fraction of sp³-hybridized carbons (Fsp3) is 0.143. The van der Waals surface area contributed by atoms with Crippen molar-refractivity contribution in [3.05, 3.63) is 60.2 Å². The SMILES string of the molecule is c1ccc(N=NN2CCc3ccccc32)cc1. The van der Waals surface area contributed by atoms with Gasteiger partial charge in [0.2, 0.25) is 0 Å². The molecule has 3 nitrogen and oxygen atoms in total. The lowest BCUT2D eigenvalue weighted by atomic mass is 10.2. The van der Waals surface area contributed by atoms with Crippen LogP contribution in [0, 0.1) is 0 Å². The topological polar surface area (TPSA) is 28.0 Å². The van der Waals surface area contributed by atoms with E-state index in [0.29, 0.717) is 0 Å². The molecule has 1 aliphatic rings. The third-order valence-electron chi connectivity index (χ3n) is 2.89. The molecular formula is C14H13N3. The molecular weight excluding hydrogens is 210 g/mol. The van der Waals surface area contributed by atoms with Crippen molar-refractivity contribution in [3.8, 4) is 0 Å². The highest BCUT2D eigenvalue weighted by molar-refractivity contribution is 5.56. The molecule has 1 aliphatic heterocycles. The number of fused-ring (bicyclic) bond motifs is 1. The Hall–Kier alpha value is -2.16. The fourth-order valence-corrected chi connectivity index (χ4v) is 2.01. The molecule has 17 heavy (non-hydrogen) atoms. The molecule has 0 fully saturated rings. The minimum absolute atomic E-state index is 0.886. The zero-order valence-corrected chi connectivity index (χ0v) is 9.45. The van der Waals surface area contributed by atoms with Crippen LogP contribution in [0.2, 0.25) is 0 Å². The highest BCUT2D eigenvalue weighted by Crippen LogP contribution is 2.28. The molecule has 0 radical (unpaired) electrons. The summed E-state index contributed by atoms with van der Waals surface area (Å²) in [7, 11) is 0. The molecule has 0 bridgehead atoms. The lowest BCUT2D eigenvalue weighted by Gasteiger charge is -2.09. The zero-order valence-electron chi connectivity index (χ0n) is 9.45. The Morgan fingerprint density at radius 2 is 1.65 bits per heavy atom. The molecule has 0 amide bonds. The first-order valence-corrected chi connectivity index (χ1v) is 5.76. The molecule has 2 aromatic carbocycles. The summed E-state index contributed by atoms with van der Waals surface area (Å²) in [6.07, 6.45) is 1.05. The van der Waals surface area contributed by atoms with Crippen LogP contribution in [0.3, 0.4) is 0 Å². The van der Waals surface area contributed by atoms with Gasteiger partial charge in [-0.3, -0.25) is 0 Å². The third kappa shape index (κ3) is 2.04. The van der Waals surface area contributed by atoms with Crippen molar-refractivity contribution in [2.24, 2.45) is 10.3 Å². The number of para-hydroxylation sites is 1. The van der Waals surface area contributed by atoms with Crippen LogP contribution in [0.5, 0.6) is 0 Å². The van der Waals surface area contributed by atoms with Gasteiger partial charge < -0.3 is 0 Å². The van der Waals surface area contributed by atoms with Crippen molar-refractivity contribution < 1.29 is 0 Å². The van der Waals surface area contributed by atoms with E-state index in [0.717, 1.165) is 18.7 Å². The maximum absolute atomic E-state index is 4.29. The van der Waals surface area contributed by atoms with E-state index in [1.807, 2.05) is 41.4 Å². The summed E-state index contributed by atoms with van der Waals surface area (Å²) in [4.78, 5) is 0. The van der Waals surface area contributed by atoms with Gasteiger partial charge in [-0.25, -0.2) is 5.01 Å². The van der Waals surface area contributed by atoms with Crippen molar-refractivity contribution in [1.82, 2.24) is 0 Å². The molecule has 3 rings (SSSR count). The largest absolute Gasteiger partial charge is 0.246 e. The van der Waals surface area contributed by atoms with Gasteiger partial charge in [-0.15, -0.1) is 5.11 Å². The smallest absolute Gasteiger partial charge is 0.0874 e. The third-order valence-corrected chi connectivity index (χ3v) is 2.89. The lowest BCUT2D eigenvalue weighted by molar-refractivity contribution is 0.839. The average Bonchev–Trinajstić information content (AvgIpc) is 2.81. The lowest BCUT2D eigenvalue weighted by Crippen LogP contribution is -2.10. The predicted octanol–water partition coefficient (Wildman–Crippen LogP) is 3.75.